The van der Waals surface area contributed by atoms with Gasteiger partial charge in [0.1, 0.15) is 6.61 Å². The maximum Gasteiger partial charge on any atom is 0.234 e. The largest absolute Gasteiger partial charge is 0.490 e. The molecule has 0 saturated heterocycles. The van der Waals surface area contributed by atoms with Crippen LogP contribution >= 0.6 is 35.0 Å². The third-order valence-electron chi connectivity index (χ3n) is 4.34. The number of hydrogen-bond donors (Lipinski definition) is 1. The Balaban J connectivity index is 1.61. The number of thioether (sulfide) groups is 1. The molecule has 2 aromatic carbocycles. The van der Waals surface area contributed by atoms with Crippen molar-refractivity contribution >= 4 is 46.6 Å². The third kappa shape index (κ3) is 6.54. The van der Waals surface area contributed by atoms with Crippen molar-refractivity contribution in [2.75, 3.05) is 17.7 Å². The van der Waals surface area contributed by atoms with E-state index < -0.39 is 0 Å². The number of rotatable bonds is 10. The Bertz CT molecular complexity index is 1070. The number of halogens is 2. The minimum atomic E-state index is -0.196. The number of ether oxygens (including phenoxy) is 2. The van der Waals surface area contributed by atoms with Crippen LogP contribution in [0.1, 0.15) is 25.2 Å². The number of aryl methyl sites for hydroxylation is 1. The number of anilines is 1. The summed E-state index contributed by atoms with van der Waals surface area (Å²) in [6.45, 7) is 7.35. The zero-order chi connectivity index (χ0) is 23.1. The van der Waals surface area contributed by atoms with E-state index in [9.17, 15) is 4.79 Å². The van der Waals surface area contributed by atoms with Crippen molar-refractivity contribution < 1.29 is 14.3 Å². The lowest BCUT2D eigenvalue weighted by Crippen LogP contribution is -2.15. The molecule has 0 aliphatic rings. The number of amides is 1. The van der Waals surface area contributed by atoms with Crippen LogP contribution in [0.15, 0.2) is 41.6 Å². The molecule has 32 heavy (non-hydrogen) atoms. The van der Waals surface area contributed by atoms with Crippen molar-refractivity contribution in [3.8, 4) is 11.5 Å². The first-order valence-corrected chi connectivity index (χ1v) is 11.8. The van der Waals surface area contributed by atoms with Crippen LogP contribution in [0.3, 0.4) is 0 Å². The number of nitrogens with one attached hydrogen (secondary N) is 1. The van der Waals surface area contributed by atoms with E-state index in [-0.39, 0.29) is 18.3 Å². The molecule has 3 rings (SSSR count). The van der Waals surface area contributed by atoms with Gasteiger partial charge in [-0.3, -0.25) is 4.79 Å². The van der Waals surface area contributed by atoms with Gasteiger partial charge >= 0.3 is 0 Å². The fourth-order valence-electron chi connectivity index (χ4n) is 2.95. The first-order chi connectivity index (χ1) is 15.4. The molecule has 0 atom stereocenters. The van der Waals surface area contributed by atoms with E-state index in [1.807, 2.05) is 43.5 Å². The van der Waals surface area contributed by atoms with E-state index >= 15 is 0 Å². The molecule has 0 bridgehead atoms. The summed E-state index contributed by atoms with van der Waals surface area (Å²) in [4.78, 5) is 12.3. The zero-order valence-electron chi connectivity index (χ0n) is 18.0. The monoisotopic (exact) mass is 494 g/mol. The molecule has 0 aliphatic heterocycles. The van der Waals surface area contributed by atoms with Crippen molar-refractivity contribution in [2.24, 2.45) is 0 Å². The molecule has 0 saturated carbocycles. The summed E-state index contributed by atoms with van der Waals surface area (Å²) in [5.74, 6) is 1.98. The molecule has 0 fully saturated rings. The molecule has 0 spiro atoms. The van der Waals surface area contributed by atoms with Gasteiger partial charge in [-0.2, -0.15) is 0 Å². The first kappa shape index (κ1) is 24.2. The lowest BCUT2D eigenvalue weighted by atomic mass is 10.2. The number of benzene rings is 2. The summed E-state index contributed by atoms with van der Waals surface area (Å²) < 4.78 is 13.5. The van der Waals surface area contributed by atoms with Gasteiger partial charge in [0.2, 0.25) is 5.91 Å². The van der Waals surface area contributed by atoms with Gasteiger partial charge in [0.05, 0.1) is 12.4 Å². The minimum Gasteiger partial charge on any atom is -0.490 e. The van der Waals surface area contributed by atoms with E-state index in [0.29, 0.717) is 51.4 Å². The highest BCUT2D eigenvalue weighted by atomic mass is 35.5. The number of nitrogens with zero attached hydrogens (tertiary/aromatic N) is 3. The van der Waals surface area contributed by atoms with Gasteiger partial charge in [-0.05, 0) is 56.7 Å². The number of carbonyl (C=O) groups excluding carboxylic acids is 1. The fraction of sp³-hybridized carbons (Fsp3) is 0.318. The molecule has 1 heterocycles. The van der Waals surface area contributed by atoms with Crippen LogP contribution in [0.25, 0.3) is 0 Å². The van der Waals surface area contributed by atoms with Crippen LogP contribution in [0.4, 0.5) is 5.69 Å². The van der Waals surface area contributed by atoms with E-state index in [1.54, 1.807) is 18.2 Å². The van der Waals surface area contributed by atoms with Crippen molar-refractivity contribution in [2.45, 2.75) is 39.1 Å². The average molecular weight is 495 g/mol. The smallest absolute Gasteiger partial charge is 0.234 e. The van der Waals surface area contributed by atoms with Crippen LogP contribution < -0.4 is 14.8 Å². The highest BCUT2D eigenvalue weighted by Crippen LogP contribution is 2.29. The Morgan fingerprint density at radius 2 is 1.81 bits per heavy atom. The van der Waals surface area contributed by atoms with Crippen LogP contribution in [0, 0.1) is 6.92 Å². The van der Waals surface area contributed by atoms with Gasteiger partial charge in [0, 0.05) is 22.3 Å². The Labute approximate surface area is 201 Å². The maximum absolute atomic E-state index is 12.3. The highest BCUT2D eigenvalue weighted by Gasteiger charge is 2.15. The molecule has 0 aliphatic carbocycles. The molecule has 3 aromatic rings. The average Bonchev–Trinajstić information content (AvgIpc) is 3.13. The molecule has 10 heteroatoms. The molecule has 0 unspecified atom stereocenters. The van der Waals surface area contributed by atoms with Crippen LogP contribution in [0.2, 0.25) is 10.0 Å². The van der Waals surface area contributed by atoms with Gasteiger partial charge in [-0.25, -0.2) is 0 Å². The first-order valence-electron chi connectivity index (χ1n) is 10.1. The quantitative estimate of drug-likeness (QED) is 0.368. The number of hydrogen-bond acceptors (Lipinski definition) is 6. The van der Waals surface area contributed by atoms with E-state index in [4.69, 9.17) is 32.7 Å². The fourth-order valence-corrected chi connectivity index (χ4v) is 4.30. The Kier molecular flexibility index (Phi) is 8.67. The van der Waals surface area contributed by atoms with Crippen LogP contribution in [-0.2, 0) is 17.9 Å². The van der Waals surface area contributed by atoms with Gasteiger partial charge in [0.15, 0.2) is 22.5 Å². The molecule has 0 radical (unpaired) electrons. The van der Waals surface area contributed by atoms with Gasteiger partial charge < -0.3 is 19.4 Å². The second kappa shape index (κ2) is 11.4. The molecule has 7 nitrogen and oxygen atoms in total. The molecular formula is C22H24Cl2N4O3S. The summed E-state index contributed by atoms with van der Waals surface area (Å²) in [6, 6.07) is 10.7. The van der Waals surface area contributed by atoms with Crippen LogP contribution in [-0.4, -0.2) is 33.0 Å². The molecule has 1 amide bonds. The van der Waals surface area contributed by atoms with Crippen molar-refractivity contribution in [1.29, 1.82) is 0 Å². The lowest BCUT2D eigenvalue weighted by Gasteiger charge is -2.13. The predicted octanol–water partition coefficient (Wildman–Crippen LogP) is 5.62. The van der Waals surface area contributed by atoms with Gasteiger partial charge in [-0.15, -0.1) is 10.2 Å². The summed E-state index contributed by atoms with van der Waals surface area (Å²) in [5, 5.41) is 12.8. The lowest BCUT2D eigenvalue weighted by molar-refractivity contribution is -0.113. The van der Waals surface area contributed by atoms with Gasteiger partial charge in [0.25, 0.3) is 0 Å². The summed E-state index contributed by atoms with van der Waals surface area (Å²) in [5.41, 5.74) is 1.64. The summed E-state index contributed by atoms with van der Waals surface area (Å²) >= 11 is 13.2. The van der Waals surface area contributed by atoms with E-state index in [1.165, 1.54) is 11.8 Å². The summed E-state index contributed by atoms with van der Waals surface area (Å²) in [6.07, 6.45) is 0. The third-order valence-corrected chi connectivity index (χ3v) is 5.75. The highest BCUT2D eigenvalue weighted by molar-refractivity contribution is 7.99. The SMILES string of the molecule is CCOc1cc(C)ccc1OCc1nnc(SCC(=O)Nc2cc(Cl)cc(Cl)c2)n1CC. The zero-order valence-corrected chi connectivity index (χ0v) is 20.4. The Morgan fingerprint density at radius 3 is 2.50 bits per heavy atom. The normalized spacial score (nSPS) is 10.8. The predicted molar refractivity (Wildman–Crippen MR) is 128 cm³/mol. The van der Waals surface area contributed by atoms with Crippen molar-refractivity contribution in [3.05, 3.63) is 57.8 Å². The second-order valence-corrected chi connectivity index (χ2v) is 8.63. The van der Waals surface area contributed by atoms with Gasteiger partial charge in [-0.1, -0.05) is 41.0 Å². The second-order valence-electron chi connectivity index (χ2n) is 6.81. The van der Waals surface area contributed by atoms with Crippen LogP contribution in [0.5, 0.6) is 11.5 Å². The molecular weight excluding hydrogens is 471 g/mol. The minimum absolute atomic E-state index is 0.162. The topological polar surface area (TPSA) is 78.3 Å². The number of carbonyl (C=O) groups is 1. The Hall–Kier alpha value is -2.42. The van der Waals surface area contributed by atoms with Crippen molar-refractivity contribution in [3.63, 3.8) is 0 Å². The summed E-state index contributed by atoms with van der Waals surface area (Å²) in [7, 11) is 0. The maximum atomic E-state index is 12.3. The van der Waals surface area contributed by atoms with E-state index in [2.05, 4.69) is 15.5 Å². The standard InChI is InChI=1S/C22H24Cl2N4O3S/c1-4-28-20(12-31-18-7-6-14(3)8-19(18)30-5-2)26-27-22(28)32-13-21(29)25-17-10-15(23)9-16(24)11-17/h6-11H,4-5,12-13H2,1-3H3,(H,25,29). The molecule has 1 N–H and O–H groups in total. The molecule has 170 valence electrons. The number of aromatic nitrogens is 3. The Morgan fingerprint density at radius 1 is 1.06 bits per heavy atom. The van der Waals surface area contributed by atoms with Crippen molar-refractivity contribution in [1.82, 2.24) is 14.8 Å². The molecule has 1 aromatic heterocycles. The van der Waals surface area contributed by atoms with E-state index in [0.717, 1.165) is 5.56 Å².